The predicted molar refractivity (Wildman–Crippen MR) is 123 cm³/mol. The van der Waals surface area contributed by atoms with Crippen molar-refractivity contribution in [1.82, 2.24) is 4.98 Å². The van der Waals surface area contributed by atoms with Crippen LogP contribution in [0.25, 0.3) is 6.08 Å². The first kappa shape index (κ1) is 20.7. The molecule has 0 saturated heterocycles. The zero-order chi connectivity index (χ0) is 20.9. The van der Waals surface area contributed by atoms with Gasteiger partial charge in [0.15, 0.2) is 8.07 Å². The lowest BCUT2D eigenvalue weighted by Crippen LogP contribution is -2.73. The van der Waals surface area contributed by atoms with Gasteiger partial charge in [-0.2, -0.15) is 0 Å². The van der Waals surface area contributed by atoms with Crippen LogP contribution < -0.4 is 15.7 Å². The van der Waals surface area contributed by atoms with E-state index in [-0.39, 0.29) is 11.0 Å². The van der Waals surface area contributed by atoms with Crippen LogP contribution >= 0.6 is 0 Å². The van der Waals surface area contributed by atoms with Crippen LogP contribution in [-0.2, 0) is 9.53 Å². The van der Waals surface area contributed by atoms with Crippen molar-refractivity contribution >= 4 is 35.8 Å². The van der Waals surface area contributed by atoms with Gasteiger partial charge in [0.2, 0.25) is 0 Å². The Hall–Kier alpha value is -2.98. The summed E-state index contributed by atoms with van der Waals surface area (Å²) in [5.41, 5.74) is 1.02. The highest BCUT2D eigenvalue weighted by atomic mass is 28.3. The van der Waals surface area contributed by atoms with E-state index in [1.807, 2.05) is 30.5 Å². The second-order valence-corrected chi connectivity index (χ2v) is 12.7. The summed E-state index contributed by atoms with van der Waals surface area (Å²) in [4.78, 5) is 16.6. The molecule has 0 bridgehead atoms. The van der Waals surface area contributed by atoms with Crippen molar-refractivity contribution in [3.05, 3.63) is 90.6 Å². The lowest BCUT2D eigenvalue weighted by atomic mass is 10.2. The Morgan fingerprint density at radius 3 is 2.21 bits per heavy atom. The minimum atomic E-state index is -2.57. The van der Waals surface area contributed by atoms with Crippen LogP contribution in [-0.4, -0.2) is 26.1 Å². The molecule has 0 spiro atoms. The summed E-state index contributed by atoms with van der Waals surface area (Å²) in [7, 11) is -1.17. The molecule has 2 aromatic carbocycles. The maximum absolute atomic E-state index is 11.8. The SMILES string of the molecule is COC(=O)/C=C/c1ccccc1[Si@](c1ccccc1)(c1ccccn1)C(C)(C)C. The Balaban J connectivity index is 2.40. The molecule has 148 valence electrons. The average molecular weight is 402 g/mol. The monoisotopic (exact) mass is 401 g/mol. The molecular formula is C25H27NO2Si. The van der Waals surface area contributed by atoms with Crippen molar-refractivity contribution in [2.75, 3.05) is 7.11 Å². The molecule has 0 aliphatic rings. The lowest BCUT2D eigenvalue weighted by Gasteiger charge is -2.44. The predicted octanol–water partition coefficient (Wildman–Crippen LogP) is 3.54. The van der Waals surface area contributed by atoms with Crippen molar-refractivity contribution in [1.29, 1.82) is 0 Å². The fourth-order valence-electron chi connectivity index (χ4n) is 4.15. The smallest absolute Gasteiger partial charge is 0.330 e. The van der Waals surface area contributed by atoms with Gasteiger partial charge in [-0.1, -0.05) is 81.4 Å². The molecule has 3 nitrogen and oxygen atoms in total. The Labute approximate surface area is 174 Å². The highest BCUT2D eigenvalue weighted by Crippen LogP contribution is 2.36. The number of esters is 1. The van der Waals surface area contributed by atoms with Gasteiger partial charge in [-0.15, -0.1) is 0 Å². The van der Waals surface area contributed by atoms with E-state index in [0.29, 0.717) is 0 Å². The fraction of sp³-hybridized carbons (Fsp3) is 0.200. The molecular weight excluding hydrogens is 374 g/mol. The molecule has 29 heavy (non-hydrogen) atoms. The summed E-state index contributed by atoms with van der Waals surface area (Å²) in [5, 5.41) is 3.57. The van der Waals surface area contributed by atoms with Crippen molar-refractivity contribution in [2.24, 2.45) is 0 Å². The molecule has 0 unspecified atom stereocenters. The first-order valence-electron chi connectivity index (χ1n) is 9.74. The molecule has 0 aliphatic heterocycles. The topological polar surface area (TPSA) is 39.2 Å². The number of ether oxygens (including phenoxy) is 1. The number of carbonyl (C=O) groups is 1. The number of methoxy groups -OCH3 is 1. The second-order valence-electron chi connectivity index (χ2n) is 8.02. The Bertz CT molecular complexity index is 953. The first-order valence-corrected chi connectivity index (χ1v) is 11.7. The molecule has 0 aliphatic carbocycles. The van der Waals surface area contributed by atoms with E-state index in [9.17, 15) is 4.79 Å². The minimum Gasteiger partial charge on any atom is -0.466 e. The number of rotatable bonds is 5. The van der Waals surface area contributed by atoms with Crippen molar-refractivity contribution in [2.45, 2.75) is 25.8 Å². The van der Waals surface area contributed by atoms with Gasteiger partial charge >= 0.3 is 5.97 Å². The molecule has 0 fully saturated rings. The van der Waals surface area contributed by atoms with Crippen molar-refractivity contribution in [3.63, 3.8) is 0 Å². The van der Waals surface area contributed by atoms with Crippen LogP contribution in [0.15, 0.2) is 85.1 Å². The van der Waals surface area contributed by atoms with E-state index in [1.165, 1.54) is 23.6 Å². The third-order valence-corrected chi connectivity index (χ3v) is 11.1. The van der Waals surface area contributed by atoms with Gasteiger partial charge in [-0.3, -0.25) is 4.98 Å². The summed E-state index contributed by atoms with van der Waals surface area (Å²) in [6, 6.07) is 25.2. The lowest BCUT2D eigenvalue weighted by molar-refractivity contribution is -0.134. The van der Waals surface area contributed by atoms with Gasteiger partial charge < -0.3 is 4.74 Å². The Morgan fingerprint density at radius 2 is 1.59 bits per heavy atom. The molecule has 0 amide bonds. The van der Waals surface area contributed by atoms with Gasteiger partial charge in [0, 0.05) is 17.6 Å². The van der Waals surface area contributed by atoms with E-state index < -0.39 is 8.07 Å². The van der Waals surface area contributed by atoms with E-state index in [0.717, 1.165) is 10.9 Å². The van der Waals surface area contributed by atoms with Gasteiger partial charge in [-0.05, 0) is 39.2 Å². The van der Waals surface area contributed by atoms with E-state index in [1.54, 1.807) is 0 Å². The summed E-state index contributed by atoms with van der Waals surface area (Å²) in [6.45, 7) is 6.88. The maximum Gasteiger partial charge on any atom is 0.330 e. The number of carbonyl (C=O) groups excluding carboxylic acids is 1. The Kier molecular flexibility index (Phi) is 6.14. The van der Waals surface area contributed by atoms with Gasteiger partial charge in [-0.25, -0.2) is 4.79 Å². The number of pyridine rings is 1. The van der Waals surface area contributed by atoms with Gasteiger partial charge in [0.05, 0.1) is 7.11 Å². The fourth-order valence-corrected chi connectivity index (χ4v) is 9.72. The molecule has 1 aromatic heterocycles. The van der Waals surface area contributed by atoms with Crippen LogP contribution in [0.1, 0.15) is 26.3 Å². The van der Waals surface area contributed by atoms with Crippen molar-refractivity contribution in [3.8, 4) is 0 Å². The third kappa shape index (κ3) is 3.94. The summed E-state index contributed by atoms with van der Waals surface area (Å²) < 4.78 is 4.81. The number of aromatic nitrogens is 1. The van der Waals surface area contributed by atoms with Crippen LogP contribution in [0.4, 0.5) is 0 Å². The summed E-state index contributed by atoms with van der Waals surface area (Å²) in [6.07, 6.45) is 5.23. The number of hydrogen-bond donors (Lipinski definition) is 0. The number of benzene rings is 2. The first-order chi connectivity index (χ1) is 13.9. The normalized spacial score (nSPS) is 13.8. The van der Waals surface area contributed by atoms with Crippen LogP contribution in [0.5, 0.6) is 0 Å². The third-order valence-electron chi connectivity index (χ3n) is 5.35. The summed E-state index contributed by atoms with van der Waals surface area (Å²) in [5.74, 6) is -0.361. The van der Waals surface area contributed by atoms with Crippen LogP contribution in [0.3, 0.4) is 0 Å². The van der Waals surface area contributed by atoms with Crippen LogP contribution in [0.2, 0.25) is 5.04 Å². The minimum absolute atomic E-state index is 0.0715. The molecule has 0 saturated carbocycles. The number of hydrogen-bond acceptors (Lipinski definition) is 3. The average Bonchev–Trinajstić information content (AvgIpc) is 2.74. The largest absolute Gasteiger partial charge is 0.466 e. The maximum atomic E-state index is 11.8. The standard InChI is InChI=1S/C25H27NO2Si/c1-25(2,3)29(21-13-6-5-7-14-21,23-16-10-11-19-26-23)22-15-9-8-12-20(22)17-18-24(27)28-4/h5-19H,1-4H3/b18-17+/t29-/m1/s1. The van der Waals surface area contributed by atoms with Crippen molar-refractivity contribution < 1.29 is 9.53 Å². The molecule has 3 rings (SSSR count). The quantitative estimate of drug-likeness (QED) is 0.373. The molecule has 0 radical (unpaired) electrons. The molecule has 4 heteroatoms. The molecule has 0 N–H and O–H groups in total. The van der Waals surface area contributed by atoms with Gasteiger partial charge in [0.25, 0.3) is 0 Å². The van der Waals surface area contributed by atoms with E-state index >= 15 is 0 Å². The molecule has 3 aromatic rings. The van der Waals surface area contributed by atoms with Crippen LogP contribution in [0, 0.1) is 0 Å². The highest BCUT2D eigenvalue weighted by Gasteiger charge is 2.51. The Morgan fingerprint density at radius 1 is 0.931 bits per heavy atom. The van der Waals surface area contributed by atoms with E-state index in [4.69, 9.17) is 9.72 Å². The second kappa shape index (κ2) is 8.58. The van der Waals surface area contributed by atoms with E-state index in [2.05, 4.69) is 75.4 Å². The zero-order valence-corrected chi connectivity index (χ0v) is 18.4. The summed E-state index contributed by atoms with van der Waals surface area (Å²) >= 11 is 0. The zero-order valence-electron chi connectivity index (χ0n) is 17.4. The molecule has 1 atom stereocenters. The van der Waals surface area contributed by atoms with Gasteiger partial charge in [0.1, 0.15) is 0 Å². The molecule has 1 heterocycles. The number of nitrogens with zero attached hydrogens (tertiary/aromatic N) is 1. The highest BCUT2D eigenvalue weighted by molar-refractivity contribution is 7.13.